The average Bonchev–Trinajstić information content (AvgIpc) is 2.89. The molecule has 2 aliphatic rings. The van der Waals surface area contributed by atoms with Gasteiger partial charge in [-0.15, -0.1) is 0 Å². The third kappa shape index (κ3) is 2.88. The van der Waals surface area contributed by atoms with Crippen molar-refractivity contribution in [1.29, 1.82) is 0 Å². The van der Waals surface area contributed by atoms with Gasteiger partial charge in [0.2, 0.25) is 11.8 Å². The van der Waals surface area contributed by atoms with Crippen molar-refractivity contribution in [3.8, 4) is 0 Å². The summed E-state index contributed by atoms with van der Waals surface area (Å²) in [6, 6.07) is 0.344. The Labute approximate surface area is 133 Å². The van der Waals surface area contributed by atoms with Crippen LogP contribution in [0, 0.1) is 5.92 Å². The fraction of sp³-hybridized carbons (Fsp3) is 0.688. The van der Waals surface area contributed by atoms with Gasteiger partial charge in [-0.1, -0.05) is 5.16 Å². The minimum atomic E-state index is -2.49. The minimum absolute atomic E-state index is 0.0188. The molecule has 4 rings (SSSR count). The van der Waals surface area contributed by atoms with Crippen LogP contribution in [0.15, 0.2) is 16.9 Å². The third-order valence-electron chi connectivity index (χ3n) is 4.82. The van der Waals surface area contributed by atoms with E-state index in [1.165, 1.54) is 5.56 Å². The van der Waals surface area contributed by atoms with Gasteiger partial charge in [-0.25, -0.2) is 8.78 Å². The standard InChI is InChI=1S/C16H20F2N4O/c1-9(2)22-8-11(7-19-22)12-4-13(12)15-20-14(21-23-15)3-10-5-16(17,18)6-10/h7-10,12-13H,3-6H2,1-2H3. The van der Waals surface area contributed by atoms with Crippen LogP contribution in [0.3, 0.4) is 0 Å². The van der Waals surface area contributed by atoms with E-state index in [-0.39, 0.29) is 24.7 Å². The lowest BCUT2D eigenvalue weighted by atomic mass is 9.79. The van der Waals surface area contributed by atoms with Gasteiger partial charge in [-0.05, 0) is 37.7 Å². The summed E-state index contributed by atoms with van der Waals surface area (Å²) >= 11 is 0. The molecule has 2 fully saturated rings. The topological polar surface area (TPSA) is 56.7 Å². The summed E-state index contributed by atoms with van der Waals surface area (Å²) in [4.78, 5) is 4.41. The second-order valence-corrected chi connectivity index (χ2v) is 7.18. The fourth-order valence-corrected chi connectivity index (χ4v) is 3.35. The zero-order valence-corrected chi connectivity index (χ0v) is 13.2. The number of hydrogen-bond donors (Lipinski definition) is 0. The summed E-state index contributed by atoms with van der Waals surface area (Å²) in [5.41, 5.74) is 1.20. The molecule has 0 amide bonds. The summed E-state index contributed by atoms with van der Waals surface area (Å²) in [5.74, 6) is -0.699. The highest BCUT2D eigenvalue weighted by molar-refractivity contribution is 5.27. The van der Waals surface area contributed by atoms with Crippen LogP contribution in [0.1, 0.15) is 68.3 Å². The van der Waals surface area contributed by atoms with Gasteiger partial charge in [0.1, 0.15) is 0 Å². The van der Waals surface area contributed by atoms with Gasteiger partial charge in [0.15, 0.2) is 5.82 Å². The summed E-state index contributed by atoms with van der Waals surface area (Å²) < 4.78 is 33.0. The second-order valence-electron chi connectivity index (χ2n) is 7.18. The van der Waals surface area contributed by atoms with E-state index in [1.54, 1.807) is 0 Å². The number of hydrogen-bond acceptors (Lipinski definition) is 4. The number of halogens is 2. The molecule has 0 N–H and O–H groups in total. The van der Waals surface area contributed by atoms with Crippen molar-refractivity contribution in [3.63, 3.8) is 0 Å². The van der Waals surface area contributed by atoms with E-state index in [1.807, 2.05) is 10.9 Å². The van der Waals surface area contributed by atoms with Crippen molar-refractivity contribution in [2.24, 2.45) is 5.92 Å². The molecule has 0 radical (unpaired) electrons. The highest BCUT2D eigenvalue weighted by Gasteiger charge is 2.47. The number of nitrogens with zero attached hydrogens (tertiary/aromatic N) is 4. The Morgan fingerprint density at radius 2 is 2.13 bits per heavy atom. The maximum absolute atomic E-state index is 12.9. The van der Waals surface area contributed by atoms with Gasteiger partial charge in [0.25, 0.3) is 0 Å². The Balaban J connectivity index is 1.37. The van der Waals surface area contributed by atoms with E-state index >= 15 is 0 Å². The molecular formula is C16H20F2N4O. The molecule has 124 valence electrons. The molecule has 23 heavy (non-hydrogen) atoms. The molecule has 5 nitrogen and oxygen atoms in total. The number of rotatable bonds is 5. The van der Waals surface area contributed by atoms with Gasteiger partial charge in [0.05, 0.1) is 6.20 Å². The van der Waals surface area contributed by atoms with E-state index in [4.69, 9.17) is 4.52 Å². The molecule has 0 bridgehead atoms. The smallest absolute Gasteiger partial charge is 0.248 e. The van der Waals surface area contributed by atoms with Crippen LogP contribution in [-0.2, 0) is 6.42 Å². The van der Waals surface area contributed by atoms with Gasteiger partial charge >= 0.3 is 0 Å². The lowest BCUT2D eigenvalue weighted by molar-refractivity contribution is -0.110. The first-order chi connectivity index (χ1) is 10.9. The normalized spacial score (nSPS) is 26.5. The molecule has 2 saturated carbocycles. The lowest BCUT2D eigenvalue weighted by Gasteiger charge is -2.34. The molecule has 2 unspecified atom stereocenters. The molecule has 2 aromatic rings. The minimum Gasteiger partial charge on any atom is -0.339 e. The van der Waals surface area contributed by atoms with Crippen LogP contribution in [0.5, 0.6) is 0 Å². The van der Waals surface area contributed by atoms with E-state index in [2.05, 4.69) is 35.3 Å². The van der Waals surface area contributed by atoms with Crippen molar-refractivity contribution in [3.05, 3.63) is 29.7 Å². The maximum Gasteiger partial charge on any atom is 0.248 e. The van der Waals surface area contributed by atoms with Crippen molar-refractivity contribution in [2.75, 3.05) is 0 Å². The average molecular weight is 322 g/mol. The van der Waals surface area contributed by atoms with Crippen molar-refractivity contribution >= 4 is 0 Å². The Morgan fingerprint density at radius 1 is 1.35 bits per heavy atom. The molecule has 0 saturated heterocycles. The first-order valence-corrected chi connectivity index (χ1v) is 8.15. The summed E-state index contributed by atoms with van der Waals surface area (Å²) in [6.45, 7) is 4.19. The van der Waals surface area contributed by atoms with Crippen molar-refractivity contribution in [2.45, 2.75) is 63.3 Å². The van der Waals surface area contributed by atoms with Gasteiger partial charge < -0.3 is 4.52 Å². The van der Waals surface area contributed by atoms with Crippen molar-refractivity contribution < 1.29 is 13.3 Å². The zero-order valence-electron chi connectivity index (χ0n) is 13.2. The molecule has 2 aliphatic carbocycles. The molecular weight excluding hydrogens is 302 g/mol. The molecule has 2 heterocycles. The van der Waals surface area contributed by atoms with Crippen LogP contribution >= 0.6 is 0 Å². The van der Waals surface area contributed by atoms with Crippen LogP contribution in [0.2, 0.25) is 0 Å². The molecule has 7 heteroatoms. The van der Waals surface area contributed by atoms with E-state index < -0.39 is 5.92 Å². The van der Waals surface area contributed by atoms with Gasteiger partial charge in [0, 0.05) is 37.4 Å². The molecule has 0 aliphatic heterocycles. The Kier molecular flexibility index (Phi) is 3.28. The first-order valence-electron chi connectivity index (χ1n) is 8.15. The predicted molar refractivity (Wildman–Crippen MR) is 78.4 cm³/mol. The SMILES string of the molecule is CC(C)n1cc(C2CC2c2nc(CC3CC(F)(F)C3)no2)cn1. The van der Waals surface area contributed by atoms with Crippen LogP contribution in [0.25, 0.3) is 0 Å². The quantitative estimate of drug-likeness (QED) is 0.842. The fourth-order valence-electron chi connectivity index (χ4n) is 3.35. The molecule has 0 aromatic carbocycles. The first kappa shape index (κ1) is 14.8. The highest BCUT2D eigenvalue weighted by atomic mass is 19.3. The van der Waals surface area contributed by atoms with E-state index in [0.717, 1.165) is 6.42 Å². The Hall–Kier alpha value is -1.79. The van der Waals surface area contributed by atoms with Crippen molar-refractivity contribution in [1.82, 2.24) is 19.9 Å². The Bertz CT molecular complexity index is 701. The molecule has 2 aromatic heterocycles. The summed E-state index contributed by atoms with van der Waals surface area (Å²) in [6.07, 6.45) is 5.32. The molecule has 0 spiro atoms. The Morgan fingerprint density at radius 3 is 2.78 bits per heavy atom. The second kappa shape index (κ2) is 5.11. The zero-order chi connectivity index (χ0) is 16.2. The molecule has 2 atom stereocenters. The maximum atomic E-state index is 12.9. The number of alkyl halides is 2. The predicted octanol–water partition coefficient (Wildman–Crippen LogP) is 3.71. The third-order valence-corrected chi connectivity index (χ3v) is 4.82. The van der Waals surface area contributed by atoms with Crippen LogP contribution in [-0.4, -0.2) is 25.8 Å². The summed E-state index contributed by atoms with van der Waals surface area (Å²) in [5, 5.41) is 8.32. The van der Waals surface area contributed by atoms with E-state index in [9.17, 15) is 8.78 Å². The van der Waals surface area contributed by atoms with Gasteiger partial charge in [-0.2, -0.15) is 10.1 Å². The lowest BCUT2D eigenvalue weighted by Crippen LogP contribution is -2.36. The largest absolute Gasteiger partial charge is 0.339 e. The monoisotopic (exact) mass is 322 g/mol. The number of aromatic nitrogens is 4. The van der Waals surface area contributed by atoms with Gasteiger partial charge in [-0.3, -0.25) is 4.68 Å². The summed E-state index contributed by atoms with van der Waals surface area (Å²) in [7, 11) is 0. The van der Waals surface area contributed by atoms with E-state index in [0.29, 0.717) is 30.1 Å². The van der Waals surface area contributed by atoms with Crippen LogP contribution in [0.4, 0.5) is 8.78 Å². The van der Waals surface area contributed by atoms with Crippen LogP contribution < -0.4 is 0 Å². The highest BCUT2D eigenvalue weighted by Crippen LogP contribution is 2.54.